The molecule has 1 aliphatic heterocycles. The van der Waals surface area contributed by atoms with Gasteiger partial charge in [0, 0.05) is 19.2 Å². The standard InChI is InChI=1S/C31H33NO6/c1-4-16-37-25-12-8-11-23(19-25)28-27(30(34)31(35)32(28)15-17-36-3)29(33)24-13-14-26(21(2)18-24)38-20-22-9-6-5-7-10-22/h5-14,18-19,28,33H,4,15-17,20H2,1-3H3/b29-27+. The number of carbonyl (C=O) groups is 2. The van der Waals surface area contributed by atoms with Crippen molar-refractivity contribution < 1.29 is 28.9 Å². The molecule has 0 aromatic heterocycles. The zero-order valence-corrected chi connectivity index (χ0v) is 22.0. The summed E-state index contributed by atoms with van der Waals surface area (Å²) >= 11 is 0. The molecule has 0 spiro atoms. The Bertz CT molecular complexity index is 1320. The van der Waals surface area contributed by atoms with Crippen LogP contribution in [0.3, 0.4) is 0 Å². The molecule has 4 rings (SSSR count). The fourth-order valence-electron chi connectivity index (χ4n) is 4.49. The van der Waals surface area contributed by atoms with E-state index >= 15 is 0 Å². The number of aryl methyl sites for hydroxylation is 1. The number of benzene rings is 3. The molecule has 7 nitrogen and oxygen atoms in total. The van der Waals surface area contributed by atoms with Crippen LogP contribution >= 0.6 is 0 Å². The maximum Gasteiger partial charge on any atom is 0.295 e. The van der Waals surface area contributed by atoms with Gasteiger partial charge in [-0.2, -0.15) is 0 Å². The molecule has 0 saturated carbocycles. The maximum absolute atomic E-state index is 13.2. The summed E-state index contributed by atoms with van der Waals surface area (Å²) in [5, 5.41) is 11.4. The van der Waals surface area contributed by atoms with Crippen molar-refractivity contribution in [3.8, 4) is 11.5 Å². The molecule has 1 N–H and O–H groups in total. The Morgan fingerprint density at radius 1 is 0.947 bits per heavy atom. The quantitative estimate of drug-likeness (QED) is 0.208. The van der Waals surface area contributed by atoms with E-state index < -0.39 is 17.7 Å². The van der Waals surface area contributed by atoms with Crippen LogP contribution in [0, 0.1) is 6.92 Å². The predicted octanol–water partition coefficient (Wildman–Crippen LogP) is 5.43. The summed E-state index contributed by atoms with van der Waals surface area (Å²) in [5.74, 6) is -0.329. The first-order valence-electron chi connectivity index (χ1n) is 12.7. The van der Waals surface area contributed by atoms with Gasteiger partial charge >= 0.3 is 0 Å². The van der Waals surface area contributed by atoms with Crippen molar-refractivity contribution in [1.82, 2.24) is 4.90 Å². The largest absolute Gasteiger partial charge is 0.507 e. The molecule has 1 heterocycles. The number of ketones is 1. The minimum atomic E-state index is -0.773. The zero-order valence-electron chi connectivity index (χ0n) is 22.0. The number of ether oxygens (including phenoxy) is 3. The molecule has 7 heteroatoms. The number of aliphatic hydroxyl groups excluding tert-OH is 1. The number of nitrogens with zero attached hydrogens (tertiary/aromatic N) is 1. The summed E-state index contributed by atoms with van der Waals surface area (Å²) in [6, 6.07) is 21.6. The molecule has 198 valence electrons. The number of amides is 1. The van der Waals surface area contributed by atoms with Crippen LogP contribution in [0.15, 0.2) is 78.4 Å². The van der Waals surface area contributed by atoms with Crippen molar-refractivity contribution >= 4 is 17.4 Å². The van der Waals surface area contributed by atoms with Gasteiger partial charge in [-0.05, 0) is 60.4 Å². The number of aliphatic hydroxyl groups is 1. The average Bonchev–Trinajstić information content (AvgIpc) is 3.19. The summed E-state index contributed by atoms with van der Waals surface area (Å²) in [6.07, 6.45) is 0.848. The number of Topliss-reactive ketones (excluding diaryl/α,β-unsaturated/α-hetero) is 1. The second kappa shape index (κ2) is 12.4. The van der Waals surface area contributed by atoms with Gasteiger partial charge in [0.05, 0.1) is 24.8 Å². The number of rotatable bonds is 11. The van der Waals surface area contributed by atoms with Gasteiger partial charge in [0.1, 0.15) is 23.9 Å². The van der Waals surface area contributed by atoms with E-state index in [1.807, 2.05) is 68.4 Å². The highest BCUT2D eigenvalue weighted by Gasteiger charge is 2.46. The second-order valence-electron chi connectivity index (χ2n) is 9.16. The topological polar surface area (TPSA) is 85.3 Å². The third-order valence-electron chi connectivity index (χ3n) is 6.41. The van der Waals surface area contributed by atoms with Gasteiger partial charge in [0.2, 0.25) is 0 Å². The zero-order chi connectivity index (χ0) is 27.1. The Labute approximate surface area is 223 Å². The van der Waals surface area contributed by atoms with E-state index in [0.29, 0.717) is 35.8 Å². The molecular weight excluding hydrogens is 482 g/mol. The lowest BCUT2D eigenvalue weighted by Gasteiger charge is -2.25. The Kier molecular flexibility index (Phi) is 8.81. The molecule has 1 aliphatic rings. The van der Waals surface area contributed by atoms with Crippen molar-refractivity contribution in [3.63, 3.8) is 0 Å². The number of methoxy groups -OCH3 is 1. The normalized spacial score (nSPS) is 16.6. The van der Waals surface area contributed by atoms with Crippen LogP contribution in [0.2, 0.25) is 0 Å². The number of carbonyl (C=O) groups excluding carboxylic acids is 2. The Morgan fingerprint density at radius 2 is 1.74 bits per heavy atom. The smallest absolute Gasteiger partial charge is 0.295 e. The lowest BCUT2D eigenvalue weighted by Crippen LogP contribution is -2.32. The van der Waals surface area contributed by atoms with Crippen LogP contribution in [0.1, 0.15) is 41.6 Å². The number of likely N-dealkylation sites (tertiary alicyclic amines) is 1. The highest BCUT2D eigenvalue weighted by atomic mass is 16.5. The van der Waals surface area contributed by atoms with Gasteiger partial charge in [0.25, 0.3) is 11.7 Å². The Balaban J connectivity index is 1.70. The number of hydrogen-bond donors (Lipinski definition) is 1. The minimum absolute atomic E-state index is 0.0381. The second-order valence-corrected chi connectivity index (χ2v) is 9.16. The molecule has 38 heavy (non-hydrogen) atoms. The van der Waals surface area contributed by atoms with Gasteiger partial charge < -0.3 is 24.2 Å². The molecule has 1 fully saturated rings. The highest BCUT2D eigenvalue weighted by molar-refractivity contribution is 6.46. The van der Waals surface area contributed by atoms with E-state index in [1.54, 1.807) is 18.2 Å². The molecule has 1 saturated heterocycles. The van der Waals surface area contributed by atoms with Gasteiger partial charge in [0.15, 0.2) is 0 Å². The Morgan fingerprint density at radius 3 is 2.45 bits per heavy atom. The van der Waals surface area contributed by atoms with Gasteiger partial charge in [-0.25, -0.2) is 0 Å². The molecule has 0 radical (unpaired) electrons. The van der Waals surface area contributed by atoms with Crippen molar-refractivity contribution in [2.75, 3.05) is 26.9 Å². The molecule has 3 aromatic carbocycles. The van der Waals surface area contributed by atoms with Crippen LogP contribution in [-0.2, 0) is 20.9 Å². The van der Waals surface area contributed by atoms with Crippen LogP contribution < -0.4 is 9.47 Å². The molecule has 1 amide bonds. The third kappa shape index (κ3) is 5.89. The Hall–Kier alpha value is -4.10. The third-order valence-corrected chi connectivity index (χ3v) is 6.41. The predicted molar refractivity (Wildman–Crippen MR) is 145 cm³/mol. The first kappa shape index (κ1) is 26.9. The molecular formula is C31H33NO6. The fraction of sp³-hybridized carbons (Fsp3) is 0.290. The van der Waals surface area contributed by atoms with Crippen molar-refractivity contribution in [2.45, 2.75) is 32.9 Å². The molecule has 0 aliphatic carbocycles. The average molecular weight is 516 g/mol. The van der Waals surface area contributed by atoms with E-state index in [2.05, 4.69) is 0 Å². The van der Waals surface area contributed by atoms with Gasteiger partial charge in [-0.1, -0.05) is 49.4 Å². The summed E-state index contributed by atoms with van der Waals surface area (Å²) in [6.45, 7) is 5.30. The van der Waals surface area contributed by atoms with E-state index in [1.165, 1.54) is 12.0 Å². The first-order chi connectivity index (χ1) is 18.4. The van der Waals surface area contributed by atoms with Crippen LogP contribution in [0.4, 0.5) is 0 Å². The van der Waals surface area contributed by atoms with E-state index in [4.69, 9.17) is 14.2 Å². The monoisotopic (exact) mass is 515 g/mol. The van der Waals surface area contributed by atoms with E-state index in [-0.39, 0.29) is 24.5 Å². The summed E-state index contributed by atoms with van der Waals surface area (Å²) in [5.41, 5.74) is 2.99. The lowest BCUT2D eigenvalue weighted by atomic mass is 9.94. The molecule has 1 unspecified atom stereocenters. The minimum Gasteiger partial charge on any atom is -0.507 e. The molecule has 3 aromatic rings. The molecule has 1 atom stereocenters. The van der Waals surface area contributed by atoms with Gasteiger partial charge in [-0.3, -0.25) is 9.59 Å². The van der Waals surface area contributed by atoms with E-state index in [9.17, 15) is 14.7 Å². The summed E-state index contributed by atoms with van der Waals surface area (Å²) < 4.78 is 16.9. The summed E-state index contributed by atoms with van der Waals surface area (Å²) in [7, 11) is 1.54. The van der Waals surface area contributed by atoms with Gasteiger partial charge in [-0.15, -0.1) is 0 Å². The summed E-state index contributed by atoms with van der Waals surface area (Å²) in [4.78, 5) is 27.7. The highest BCUT2D eigenvalue weighted by Crippen LogP contribution is 2.40. The van der Waals surface area contributed by atoms with Crippen molar-refractivity contribution in [2.24, 2.45) is 0 Å². The van der Waals surface area contributed by atoms with E-state index in [0.717, 1.165) is 17.5 Å². The van der Waals surface area contributed by atoms with Crippen molar-refractivity contribution in [3.05, 3.63) is 101 Å². The fourth-order valence-corrected chi connectivity index (χ4v) is 4.49. The maximum atomic E-state index is 13.2. The van der Waals surface area contributed by atoms with Crippen molar-refractivity contribution in [1.29, 1.82) is 0 Å². The SMILES string of the molecule is CCCOc1cccc(C2/C(=C(\O)c3ccc(OCc4ccccc4)c(C)c3)C(=O)C(=O)N2CCOC)c1. The van der Waals surface area contributed by atoms with Crippen LogP contribution in [0.5, 0.6) is 11.5 Å². The lowest BCUT2D eigenvalue weighted by molar-refractivity contribution is -0.140. The molecule has 0 bridgehead atoms. The number of hydrogen-bond acceptors (Lipinski definition) is 6. The van der Waals surface area contributed by atoms with Crippen LogP contribution in [-0.4, -0.2) is 48.6 Å². The first-order valence-corrected chi connectivity index (χ1v) is 12.7. The van der Waals surface area contributed by atoms with Crippen LogP contribution in [0.25, 0.3) is 5.76 Å².